The van der Waals surface area contributed by atoms with E-state index in [1.54, 1.807) is 6.20 Å². The zero-order valence-corrected chi connectivity index (χ0v) is 12.9. The summed E-state index contributed by atoms with van der Waals surface area (Å²) in [6.07, 6.45) is 1.59. The summed E-state index contributed by atoms with van der Waals surface area (Å²) in [6.45, 7) is 9.49. The third-order valence-corrected chi connectivity index (χ3v) is 4.83. The van der Waals surface area contributed by atoms with Gasteiger partial charge in [-0.3, -0.25) is 4.90 Å². The average molecular weight is 301 g/mol. The molecule has 1 aromatic rings. The van der Waals surface area contributed by atoms with Crippen molar-refractivity contribution < 1.29 is 8.42 Å². The van der Waals surface area contributed by atoms with E-state index in [9.17, 15) is 8.42 Å². The van der Waals surface area contributed by atoms with E-state index in [2.05, 4.69) is 19.9 Å². The first-order valence-corrected chi connectivity index (χ1v) is 8.48. The maximum absolute atomic E-state index is 12.1. The van der Waals surface area contributed by atoms with Gasteiger partial charge in [0.05, 0.1) is 0 Å². The summed E-state index contributed by atoms with van der Waals surface area (Å²) >= 11 is 0. The Bertz CT molecular complexity index is 534. The lowest BCUT2D eigenvalue weighted by molar-refractivity contribution is 0.245. The first-order chi connectivity index (χ1) is 9.53. The molecule has 0 saturated carbocycles. The molecule has 2 N–H and O–H groups in total. The van der Waals surface area contributed by atoms with Crippen molar-refractivity contribution in [2.75, 3.05) is 39.3 Å². The van der Waals surface area contributed by atoms with Gasteiger partial charge in [0.15, 0.2) is 5.03 Å². The summed E-state index contributed by atoms with van der Waals surface area (Å²) < 4.78 is 28.7. The number of hydrogen-bond acceptors (Lipinski definition) is 5. The molecular weight excluding hydrogens is 278 g/mol. The molecule has 1 fully saturated rings. The quantitative estimate of drug-likeness (QED) is 0.733. The molecule has 2 heterocycles. The lowest BCUT2D eigenvalue weighted by Crippen LogP contribution is -2.46. The number of aromatic nitrogens is 2. The molecule has 0 atom stereocenters. The fraction of sp³-hybridized carbons (Fsp3) is 0.750. The minimum Gasteiger partial charge on any atom is -0.334 e. The fourth-order valence-electron chi connectivity index (χ4n) is 2.28. The minimum absolute atomic E-state index is 0.108. The van der Waals surface area contributed by atoms with Gasteiger partial charge in [-0.05, 0) is 13.8 Å². The van der Waals surface area contributed by atoms with Crippen molar-refractivity contribution in [2.24, 2.45) is 0 Å². The second kappa shape index (κ2) is 6.66. The van der Waals surface area contributed by atoms with Gasteiger partial charge in [-0.15, -0.1) is 0 Å². The first-order valence-electron chi connectivity index (χ1n) is 6.99. The number of aryl methyl sites for hydroxylation is 2. The first kappa shape index (κ1) is 15.4. The van der Waals surface area contributed by atoms with Gasteiger partial charge in [-0.1, -0.05) is 0 Å². The molecule has 114 valence electrons. The Morgan fingerprint density at radius 2 is 2.10 bits per heavy atom. The molecule has 1 aliphatic rings. The van der Waals surface area contributed by atoms with Crippen LogP contribution in [0.15, 0.2) is 11.2 Å². The lowest BCUT2D eigenvalue weighted by Gasteiger charge is -2.26. The topological polar surface area (TPSA) is 79.3 Å². The van der Waals surface area contributed by atoms with Crippen LogP contribution in [0.25, 0.3) is 0 Å². The van der Waals surface area contributed by atoms with Gasteiger partial charge >= 0.3 is 0 Å². The average Bonchev–Trinajstić information content (AvgIpc) is 2.82. The second-order valence-corrected chi connectivity index (χ2v) is 6.62. The highest BCUT2D eigenvalue weighted by atomic mass is 32.2. The maximum Gasteiger partial charge on any atom is 0.259 e. The summed E-state index contributed by atoms with van der Waals surface area (Å²) in [5.41, 5.74) is 0. The fourth-order valence-corrected chi connectivity index (χ4v) is 3.30. The Morgan fingerprint density at radius 3 is 2.70 bits per heavy atom. The highest BCUT2D eigenvalue weighted by Crippen LogP contribution is 2.08. The Balaban J connectivity index is 1.89. The van der Waals surface area contributed by atoms with Crippen LogP contribution in [0.2, 0.25) is 0 Å². The largest absolute Gasteiger partial charge is 0.334 e. The molecule has 1 aliphatic heterocycles. The molecule has 0 aromatic carbocycles. The molecular formula is C12H23N5O2S. The van der Waals surface area contributed by atoms with Crippen molar-refractivity contribution in [3.05, 3.63) is 12.0 Å². The molecule has 0 aliphatic carbocycles. The van der Waals surface area contributed by atoms with Gasteiger partial charge in [-0.25, -0.2) is 18.1 Å². The molecule has 1 saturated heterocycles. The van der Waals surface area contributed by atoms with Crippen LogP contribution in [0, 0.1) is 6.92 Å². The van der Waals surface area contributed by atoms with Gasteiger partial charge in [0, 0.05) is 52.0 Å². The van der Waals surface area contributed by atoms with Crippen LogP contribution in [0.5, 0.6) is 0 Å². The van der Waals surface area contributed by atoms with Crippen LogP contribution in [0.1, 0.15) is 12.7 Å². The van der Waals surface area contributed by atoms with Gasteiger partial charge in [0.2, 0.25) is 0 Å². The maximum atomic E-state index is 12.1. The van der Waals surface area contributed by atoms with E-state index in [1.807, 2.05) is 18.4 Å². The Labute approximate surface area is 120 Å². The molecule has 1 aromatic heterocycles. The van der Waals surface area contributed by atoms with Crippen LogP contribution in [0.4, 0.5) is 0 Å². The van der Waals surface area contributed by atoms with Crippen LogP contribution in [-0.2, 0) is 16.6 Å². The summed E-state index contributed by atoms with van der Waals surface area (Å²) in [5, 5.41) is 3.38. The van der Waals surface area contributed by atoms with Crippen LogP contribution >= 0.6 is 0 Å². The van der Waals surface area contributed by atoms with Gasteiger partial charge in [0.25, 0.3) is 10.0 Å². The normalized spacial score (nSPS) is 17.5. The zero-order chi connectivity index (χ0) is 14.6. The van der Waals surface area contributed by atoms with E-state index in [-0.39, 0.29) is 5.03 Å². The van der Waals surface area contributed by atoms with Gasteiger partial charge < -0.3 is 9.88 Å². The van der Waals surface area contributed by atoms with Crippen LogP contribution < -0.4 is 10.0 Å². The summed E-state index contributed by atoms with van der Waals surface area (Å²) in [6, 6.07) is 0. The summed E-state index contributed by atoms with van der Waals surface area (Å²) in [7, 11) is -3.50. The predicted octanol–water partition coefficient (Wildman–Crippen LogP) is -0.605. The highest BCUT2D eigenvalue weighted by Gasteiger charge is 2.19. The number of sulfonamides is 1. The van der Waals surface area contributed by atoms with E-state index in [0.717, 1.165) is 45.1 Å². The molecule has 0 unspecified atom stereocenters. The van der Waals surface area contributed by atoms with E-state index < -0.39 is 10.0 Å². The highest BCUT2D eigenvalue weighted by molar-refractivity contribution is 7.89. The van der Waals surface area contributed by atoms with Crippen molar-refractivity contribution >= 4 is 10.0 Å². The summed E-state index contributed by atoms with van der Waals surface area (Å²) in [4.78, 5) is 6.35. The Hall–Kier alpha value is -0.960. The number of piperazine rings is 1. The van der Waals surface area contributed by atoms with E-state index in [1.165, 1.54) is 0 Å². The third kappa shape index (κ3) is 3.78. The minimum atomic E-state index is -3.50. The SMILES string of the molecule is CCn1cc(S(=O)(=O)NCCN2CCNCC2)nc1C. The monoisotopic (exact) mass is 301 g/mol. The molecule has 8 heteroatoms. The summed E-state index contributed by atoms with van der Waals surface area (Å²) in [5.74, 6) is 0.718. The van der Waals surface area contributed by atoms with Crippen molar-refractivity contribution in [1.29, 1.82) is 0 Å². The van der Waals surface area contributed by atoms with E-state index >= 15 is 0 Å². The molecule has 0 amide bonds. The zero-order valence-electron chi connectivity index (χ0n) is 12.1. The van der Waals surface area contributed by atoms with E-state index in [0.29, 0.717) is 6.54 Å². The lowest BCUT2D eigenvalue weighted by atomic mass is 10.3. The molecule has 0 radical (unpaired) electrons. The van der Waals surface area contributed by atoms with Crippen molar-refractivity contribution in [2.45, 2.75) is 25.4 Å². The van der Waals surface area contributed by atoms with Gasteiger partial charge in [0.1, 0.15) is 5.82 Å². The molecule has 7 nitrogen and oxygen atoms in total. The van der Waals surface area contributed by atoms with Crippen LogP contribution in [0.3, 0.4) is 0 Å². The van der Waals surface area contributed by atoms with Crippen molar-refractivity contribution in [3.8, 4) is 0 Å². The third-order valence-electron chi connectivity index (χ3n) is 3.50. The Kier molecular flexibility index (Phi) is 5.14. The van der Waals surface area contributed by atoms with Crippen molar-refractivity contribution in [3.63, 3.8) is 0 Å². The Morgan fingerprint density at radius 1 is 1.40 bits per heavy atom. The van der Waals surface area contributed by atoms with Crippen LogP contribution in [-0.4, -0.2) is 62.1 Å². The molecule has 0 bridgehead atoms. The molecule has 2 rings (SSSR count). The molecule has 0 spiro atoms. The number of nitrogens with one attached hydrogen (secondary N) is 2. The number of rotatable bonds is 6. The number of nitrogens with zero attached hydrogens (tertiary/aromatic N) is 3. The number of hydrogen-bond donors (Lipinski definition) is 2. The number of imidazole rings is 1. The predicted molar refractivity (Wildman–Crippen MR) is 77.1 cm³/mol. The molecule has 20 heavy (non-hydrogen) atoms. The standard InChI is InChI=1S/C12H23N5O2S/c1-3-17-10-12(15-11(17)2)20(18,19)14-6-9-16-7-4-13-5-8-16/h10,13-14H,3-9H2,1-2H3. The second-order valence-electron chi connectivity index (χ2n) is 4.90. The van der Waals surface area contributed by atoms with E-state index in [4.69, 9.17) is 0 Å². The van der Waals surface area contributed by atoms with Gasteiger partial charge in [-0.2, -0.15) is 0 Å². The van der Waals surface area contributed by atoms with Crippen molar-refractivity contribution in [1.82, 2.24) is 24.5 Å². The smallest absolute Gasteiger partial charge is 0.259 e.